The molecular formula is C30H37FN4O6S. The van der Waals surface area contributed by atoms with Crippen LogP contribution >= 0.6 is 0 Å². The standard InChI is InChI=1S/C29H34N4O6S.CH3F/c1-38-24-16-27(34)26(28(17-24)39-2)18-30-31-29(35)20-33-14-12-32(13-15-33)19-22-8-6-7-9-23(22)21-40(36,37)25-10-4-3-5-11-25;1-2/h3-11,16-18,34H,12-15,19-21H2,1-2H3,(H,31,35);1H3/b30-18+;. The zero-order valence-electron chi connectivity index (χ0n) is 24.0. The summed E-state index contributed by atoms with van der Waals surface area (Å²) in [4.78, 5) is 17.1. The molecule has 1 fully saturated rings. The molecule has 3 aromatic carbocycles. The molecule has 0 unspecified atom stereocenters. The fourth-order valence-electron chi connectivity index (χ4n) is 4.53. The van der Waals surface area contributed by atoms with Gasteiger partial charge in [-0.05, 0) is 23.3 Å². The number of hydrogen-bond donors (Lipinski definition) is 2. The Hall–Kier alpha value is -4.00. The summed E-state index contributed by atoms with van der Waals surface area (Å²) in [6, 6.07) is 19.2. The summed E-state index contributed by atoms with van der Waals surface area (Å²) >= 11 is 0. The van der Waals surface area contributed by atoms with Crippen LogP contribution in [0.25, 0.3) is 0 Å². The maximum Gasteiger partial charge on any atom is 0.254 e. The van der Waals surface area contributed by atoms with E-state index in [0.717, 1.165) is 24.2 Å². The summed E-state index contributed by atoms with van der Waals surface area (Å²) in [5.74, 6) is 0.409. The second-order valence-electron chi connectivity index (χ2n) is 9.45. The molecule has 2 N–H and O–H groups in total. The van der Waals surface area contributed by atoms with Crippen molar-refractivity contribution in [2.24, 2.45) is 5.10 Å². The molecule has 1 aliphatic rings. The van der Waals surface area contributed by atoms with E-state index in [4.69, 9.17) is 9.47 Å². The number of carbonyl (C=O) groups excluding carboxylic acids is 1. The molecule has 3 aromatic rings. The first-order chi connectivity index (χ1) is 20.3. The van der Waals surface area contributed by atoms with Crippen molar-refractivity contribution < 1.29 is 32.2 Å². The molecule has 0 atom stereocenters. The Morgan fingerprint density at radius 2 is 1.57 bits per heavy atom. The van der Waals surface area contributed by atoms with Crippen LogP contribution in [-0.2, 0) is 26.9 Å². The molecular weight excluding hydrogens is 563 g/mol. The third-order valence-corrected chi connectivity index (χ3v) is 8.41. The molecule has 0 saturated carbocycles. The number of phenolic OH excluding ortho intramolecular Hbond substituents is 1. The van der Waals surface area contributed by atoms with Gasteiger partial charge in [0.15, 0.2) is 9.84 Å². The van der Waals surface area contributed by atoms with Gasteiger partial charge in [0.05, 0.1) is 50.4 Å². The lowest BCUT2D eigenvalue weighted by atomic mass is 10.1. The summed E-state index contributed by atoms with van der Waals surface area (Å²) in [6.45, 7) is 3.69. The van der Waals surface area contributed by atoms with Crippen LogP contribution in [-0.4, -0.2) is 89.6 Å². The largest absolute Gasteiger partial charge is 0.507 e. The zero-order valence-corrected chi connectivity index (χ0v) is 24.8. The van der Waals surface area contributed by atoms with Crippen LogP contribution in [0.1, 0.15) is 16.7 Å². The monoisotopic (exact) mass is 600 g/mol. The van der Waals surface area contributed by atoms with Gasteiger partial charge in [0.25, 0.3) is 5.91 Å². The van der Waals surface area contributed by atoms with Crippen molar-refractivity contribution in [2.45, 2.75) is 17.2 Å². The maximum atomic E-state index is 12.9. The Balaban J connectivity index is 0.00000237. The number of benzene rings is 3. The molecule has 1 saturated heterocycles. The zero-order chi connectivity index (χ0) is 30.5. The van der Waals surface area contributed by atoms with E-state index in [1.54, 1.807) is 36.4 Å². The van der Waals surface area contributed by atoms with Gasteiger partial charge in [-0.25, -0.2) is 13.8 Å². The van der Waals surface area contributed by atoms with Crippen LogP contribution in [0.3, 0.4) is 0 Å². The van der Waals surface area contributed by atoms with Crippen LogP contribution in [0.5, 0.6) is 17.2 Å². The molecule has 0 aliphatic carbocycles. The van der Waals surface area contributed by atoms with E-state index in [1.807, 2.05) is 29.2 Å². The van der Waals surface area contributed by atoms with Gasteiger partial charge in [0, 0.05) is 44.9 Å². The summed E-state index contributed by atoms with van der Waals surface area (Å²) < 4.78 is 45.7. The molecule has 0 bridgehead atoms. The topological polar surface area (TPSA) is 121 Å². The molecule has 0 aromatic heterocycles. The highest BCUT2D eigenvalue weighted by atomic mass is 32.2. The van der Waals surface area contributed by atoms with Crippen molar-refractivity contribution in [1.29, 1.82) is 0 Å². The number of aromatic hydroxyl groups is 1. The highest BCUT2D eigenvalue weighted by Gasteiger charge is 2.22. The number of halogens is 1. The Bertz CT molecular complexity index is 1450. The predicted molar refractivity (Wildman–Crippen MR) is 159 cm³/mol. The van der Waals surface area contributed by atoms with E-state index in [-0.39, 0.29) is 24.0 Å². The van der Waals surface area contributed by atoms with Gasteiger partial charge < -0.3 is 14.6 Å². The molecule has 1 heterocycles. The normalized spacial score (nSPS) is 14.2. The Morgan fingerprint density at radius 1 is 0.952 bits per heavy atom. The average Bonchev–Trinajstić information content (AvgIpc) is 3.01. The lowest BCUT2D eigenvalue weighted by molar-refractivity contribution is -0.122. The summed E-state index contributed by atoms with van der Waals surface area (Å²) in [7, 11) is 0.0109. The third-order valence-electron chi connectivity index (χ3n) is 6.72. The van der Waals surface area contributed by atoms with Gasteiger partial charge in [-0.2, -0.15) is 5.10 Å². The first kappa shape index (κ1) is 32.5. The minimum absolute atomic E-state index is 0.0476. The molecule has 4 rings (SSSR count). The molecule has 42 heavy (non-hydrogen) atoms. The molecule has 1 aliphatic heterocycles. The third kappa shape index (κ3) is 9.00. The number of hydrazone groups is 1. The Morgan fingerprint density at radius 3 is 2.21 bits per heavy atom. The number of nitrogens with zero attached hydrogens (tertiary/aromatic N) is 3. The first-order valence-corrected chi connectivity index (χ1v) is 14.9. The van der Waals surface area contributed by atoms with E-state index in [2.05, 4.69) is 15.4 Å². The lowest BCUT2D eigenvalue weighted by Gasteiger charge is -2.34. The molecule has 10 nitrogen and oxygen atoms in total. The summed E-state index contributed by atoms with van der Waals surface area (Å²) in [5.41, 5.74) is 4.61. The average molecular weight is 601 g/mol. The quantitative estimate of drug-likeness (QED) is 0.254. The second kappa shape index (κ2) is 15.9. The number of methoxy groups -OCH3 is 2. The summed E-state index contributed by atoms with van der Waals surface area (Å²) in [5, 5.41) is 14.2. The fraction of sp³-hybridized carbons (Fsp3) is 0.333. The molecule has 0 spiro atoms. The van der Waals surface area contributed by atoms with Gasteiger partial charge >= 0.3 is 0 Å². The van der Waals surface area contributed by atoms with E-state index in [9.17, 15) is 22.7 Å². The number of piperazine rings is 1. The van der Waals surface area contributed by atoms with Gasteiger partial charge in [-0.15, -0.1) is 0 Å². The van der Waals surface area contributed by atoms with Crippen molar-refractivity contribution in [3.8, 4) is 17.2 Å². The number of sulfone groups is 1. The van der Waals surface area contributed by atoms with Crippen molar-refractivity contribution in [1.82, 2.24) is 15.2 Å². The summed E-state index contributed by atoms with van der Waals surface area (Å²) in [6.07, 6.45) is 1.33. The van der Waals surface area contributed by atoms with E-state index in [1.165, 1.54) is 26.5 Å². The van der Waals surface area contributed by atoms with Crippen LogP contribution in [0, 0.1) is 0 Å². The smallest absolute Gasteiger partial charge is 0.254 e. The number of nitrogens with one attached hydrogen (secondary N) is 1. The number of carbonyl (C=O) groups is 1. The van der Waals surface area contributed by atoms with Gasteiger partial charge in [0.1, 0.15) is 17.2 Å². The highest BCUT2D eigenvalue weighted by molar-refractivity contribution is 7.90. The van der Waals surface area contributed by atoms with Crippen molar-refractivity contribution in [2.75, 3.05) is 54.1 Å². The Kier molecular flexibility index (Phi) is 12.3. The Labute approximate surface area is 246 Å². The highest BCUT2D eigenvalue weighted by Crippen LogP contribution is 2.31. The second-order valence-corrected chi connectivity index (χ2v) is 11.4. The van der Waals surface area contributed by atoms with Crippen LogP contribution in [0.15, 0.2) is 76.7 Å². The van der Waals surface area contributed by atoms with E-state index in [0.29, 0.717) is 48.8 Å². The number of hydrogen-bond acceptors (Lipinski definition) is 9. The number of amides is 1. The predicted octanol–water partition coefficient (Wildman–Crippen LogP) is 3.24. The van der Waals surface area contributed by atoms with E-state index < -0.39 is 9.84 Å². The van der Waals surface area contributed by atoms with Crippen molar-refractivity contribution in [3.05, 3.63) is 83.4 Å². The van der Waals surface area contributed by atoms with Crippen molar-refractivity contribution in [3.63, 3.8) is 0 Å². The van der Waals surface area contributed by atoms with E-state index >= 15 is 0 Å². The first-order valence-electron chi connectivity index (χ1n) is 13.2. The number of rotatable bonds is 11. The lowest BCUT2D eigenvalue weighted by Crippen LogP contribution is -2.48. The SMILES string of the molecule is CF.COc1cc(O)c(/C=N/NC(=O)CN2CCN(Cc3ccccc3CS(=O)(=O)c3ccccc3)CC2)c(OC)c1. The van der Waals surface area contributed by atoms with Gasteiger partial charge in [-0.3, -0.25) is 19.0 Å². The maximum absolute atomic E-state index is 12.9. The molecule has 1 amide bonds. The molecule has 0 radical (unpaired) electrons. The van der Waals surface area contributed by atoms with Crippen molar-refractivity contribution >= 4 is 22.0 Å². The number of phenols is 1. The minimum atomic E-state index is -3.44. The molecule has 12 heteroatoms. The van der Waals surface area contributed by atoms with Crippen LogP contribution < -0.4 is 14.9 Å². The fourth-order valence-corrected chi connectivity index (χ4v) is 5.96. The number of ether oxygens (including phenoxy) is 2. The minimum Gasteiger partial charge on any atom is -0.507 e. The van der Waals surface area contributed by atoms with Gasteiger partial charge in [0.2, 0.25) is 0 Å². The van der Waals surface area contributed by atoms with Crippen LogP contribution in [0.2, 0.25) is 0 Å². The molecule has 226 valence electrons. The van der Waals surface area contributed by atoms with Crippen LogP contribution in [0.4, 0.5) is 4.39 Å². The number of alkyl halides is 1. The van der Waals surface area contributed by atoms with Gasteiger partial charge in [-0.1, -0.05) is 42.5 Å².